The van der Waals surface area contributed by atoms with Crippen molar-refractivity contribution in [2.24, 2.45) is 0 Å². The smallest absolute Gasteiger partial charge is 0.337 e. The normalized spacial score (nSPS) is 14.3. The highest BCUT2D eigenvalue weighted by Gasteiger charge is 2.31. The van der Waals surface area contributed by atoms with E-state index in [9.17, 15) is 19.2 Å². The average molecular weight is 498 g/mol. The van der Waals surface area contributed by atoms with E-state index in [2.05, 4.69) is 15.6 Å². The molecule has 0 radical (unpaired) electrons. The van der Waals surface area contributed by atoms with Crippen molar-refractivity contribution in [3.63, 3.8) is 0 Å². The van der Waals surface area contributed by atoms with Crippen LogP contribution in [0.15, 0.2) is 53.4 Å². The van der Waals surface area contributed by atoms with Crippen molar-refractivity contribution in [1.82, 2.24) is 15.8 Å². The maximum atomic E-state index is 12.7. The first-order valence-corrected chi connectivity index (χ1v) is 11.6. The Kier molecular flexibility index (Phi) is 8.55. The van der Waals surface area contributed by atoms with Crippen LogP contribution in [0, 0.1) is 6.92 Å². The van der Waals surface area contributed by atoms with E-state index < -0.39 is 11.9 Å². The minimum absolute atomic E-state index is 0.110. The molecule has 1 aliphatic rings. The van der Waals surface area contributed by atoms with Crippen LogP contribution < -0.4 is 10.9 Å². The van der Waals surface area contributed by atoms with Gasteiger partial charge in [0.25, 0.3) is 11.8 Å². The summed E-state index contributed by atoms with van der Waals surface area (Å²) in [6, 6.07) is 13.6. The molecular formula is C24H23N3O5S2. The zero-order chi connectivity index (χ0) is 24.7. The average Bonchev–Trinajstić information content (AvgIpc) is 3.10. The standard InChI is InChI=1S/C24H23N3O5S2/c1-15-5-9-17(10-6-15)21(29)26-25-20(28)4-3-13-27-22(30)19(34-24(27)33)14-16-7-11-18(12-8-16)23(31)32-2/h5-12,14H,3-4,13H2,1-2H3,(H,25,28)(H,26,29). The molecule has 2 N–H and O–H groups in total. The maximum absolute atomic E-state index is 12.7. The van der Waals surface area contributed by atoms with Crippen molar-refractivity contribution in [3.8, 4) is 0 Å². The summed E-state index contributed by atoms with van der Waals surface area (Å²) < 4.78 is 5.09. The molecule has 1 saturated heterocycles. The Bertz CT molecular complexity index is 1140. The Morgan fingerprint density at radius 3 is 2.32 bits per heavy atom. The number of carbonyl (C=O) groups excluding carboxylic acids is 4. The molecule has 0 spiro atoms. The molecule has 0 aromatic heterocycles. The van der Waals surface area contributed by atoms with Gasteiger partial charge in [0.1, 0.15) is 4.32 Å². The Hall–Kier alpha value is -3.50. The van der Waals surface area contributed by atoms with Crippen molar-refractivity contribution in [2.45, 2.75) is 19.8 Å². The van der Waals surface area contributed by atoms with E-state index in [-0.39, 0.29) is 24.8 Å². The van der Waals surface area contributed by atoms with Crippen molar-refractivity contribution in [2.75, 3.05) is 13.7 Å². The fraction of sp³-hybridized carbons (Fsp3) is 0.208. The first-order valence-electron chi connectivity index (χ1n) is 10.4. The van der Waals surface area contributed by atoms with Crippen LogP contribution in [0.4, 0.5) is 0 Å². The number of thioether (sulfide) groups is 1. The van der Waals surface area contributed by atoms with Gasteiger partial charge in [0.15, 0.2) is 0 Å². The quantitative estimate of drug-likeness (QED) is 0.262. The number of thiocarbonyl (C=S) groups is 1. The molecule has 3 rings (SSSR count). The fourth-order valence-electron chi connectivity index (χ4n) is 3.04. The first kappa shape index (κ1) is 25.1. The largest absolute Gasteiger partial charge is 0.465 e. The topological polar surface area (TPSA) is 105 Å². The van der Waals surface area contributed by atoms with Gasteiger partial charge in [-0.05, 0) is 49.2 Å². The van der Waals surface area contributed by atoms with Crippen LogP contribution in [-0.4, -0.2) is 46.6 Å². The van der Waals surface area contributed by atoms with Crippen molar-refractivity contribution >= 4 is 58.1 Å². The number of esters is 1. The second kappa shape index (κ2) is 11.6. The van der Waals surface area contributed by atoms with Crippen molar-refractivity contribution < 1.29 is 23.9 Å². The predicted octanol–water partition coefficient (Wildman–Crippen LogP) is 3.22. The molecule has 2 aromatic rings. The molecule has 10 heteroatoms. The number of rotatable bonds is 7. The summed E-state index contributed by atoms with van der Waals surface area (Å²) >= 11 is 6.50. The molecule has 8 nitrogen and oxygen atoms in total. The predicted molar refractivity (Wildman–Crippen MR) is 134 cm³/mol. The molecule has 1 fully saturated rings. The Labute approximate surface area is 206 Å². The summed E-state index contributed by atoms with van der Waals surface area (Å²) in [7, 11) is 1.31. The Morgan fingerprint density at radius 2 is 1.68 bits per heavy atom. The molecule has 3 amide bonds. The van der Waals surface area contributed by atoms with E-state index in [1.807, 2.05) is 19.1 Å². The van der Waals surface area contributed by atoms with Crippen LogP contribution in [-0.2, 0) is 14.3 Å². The lowest BCUT2D eigenvalue weighted by atomic mass is 10.1. The number of hydrazine groups is 1. The third-order valence-corrected chi connectivity index (χ3v) is 6.30. The van der Waals surface area contributed by atoms with E-state index in [0.717, 1.165) is 11.1 Å². The molecular weight excluding hydrogens is 474 g/mol. The summed E-state index contributed by atoms with van der Waals surface area (Å²) in [6.07, 6.45) is 2.19. The number of benzene rings is 2. The Balaban J connectivity index is 1.47. The highest BCUT2D eigenvalue weighted by Crippen LogP contribution is 2.32. The van der Waals surface area contributed by atoms with Crippen LogP contribution >= 0.6 is 24.0 Å². The van der Waals surface area contributed by atoms with Crippen LogP contribution in [0.3, 0.4) is 0 Å². The SMILES string of the molecule is COC(=O)c1ccc(C=C2SC(=S)N(CCCC(=O)NNC(=O)c3ccc(C)cc3)C2=O)cc1. The van der Waals surface area contributed by atoms with Crippen LogP contribution in [0.5, 0.6) is 0 Å². The van der Waals surface area contributed by atoms with Crippen molar-refractivity contribution in [3.05, 3.63) is 75.7 Å². The zero-order valence-electron chi connectivity index (χ0n) is 18.6. The van der Waals surface area contributed by atoms with Gasteiger partial charge >= 0.3 is 5.97 Å². The van der Waals surface area contributed by atoms with Crippen LogP contribution in [0.1, 0.15) is 44.7 Å². The summed E-state index contributed by atoms with van der Waals surface area (Å²) in [5.41, 5.74) is 7.39. The lowest BCUT2D eigenvalue weighted by molar-refractivity contribution is -0.124. The second-order valence-electron chi connectivity index (χ2n) is 7.42. The lowest BCUT2D eigenvalue weighted by Gasteiger charge is -2.14. The van der Waals surface area contributed by atoms with E-state index in [4.69, 9.17) is 12.2 Å². The number of methoxy groups -OCH3 is 1. The molecule has 2 aromatic carbocycles. The molecule has 1 aliphatic heterocycles. The fourth-order valence-corrected chi connectivity index (χ4v) is 4.35. The van der Waals surface area contributed by atoms with Gasteiger partial charge in [-0.1, -0.05) is 53.8 Å². The van der Waals surface area contributed by atoms with Gasteiger partial charge in [-0.25, -0.2) is 4.79 Å². The number of ether oxygens (including phenoxy) is 1. The minimum atomic E-state index is -0.434. The van der Waals surface area contributed by atoms with Crippen LogP contribution in [0.2, 0.25) is 0 Å². The lowest BCUT2D eigenvalue weighted by Crippen LogP contribution is -2.41. The second-order valence-corrected chi connectivity index (χ2v) is 9.09. The molecule has 0 atom stereocenters. The third kappa shape index (κ3) is 6.52. The number of carbonyl (C=O) groups is 4. The first-order chi connectivity index (χ1) is 16.3. The van der Waals surface area contributed by atoms with Gasteiger partial charge < -0.3 is 4.74 Å². The summed E-state index contributed by atoms with van der Waals surface area (Å²) in [5, 5.41) is 0. The molecule has 34 heavy (non-hydrogen) atoms. The Morgan fingerprint density at radius 1 is 1.03 bits per heavy atom. The molecule has 0 bridgehead atoms. The van der Waals surface area contributed by atoms with Crippen molar-refractivity contribution in [1.29, 1.82) is 0 Å². The van der Waals surface area contributed by atoms with Gasteiger partial charge in [-0.3, -0.25) is 30.1 Å². The molecule has 0 saturated carbocycles. The van der Waals surface area contributed by atoms with E-state index >= 15 is 0 Å². The summed E-state index contributed by atoms with van der Waals surface area (Å²) in [4.78, 5) is 50.3. The van der Waals surface area contributed by atoms with E-state index in [0.29, 0.717) is 26.8 Å². The van der Waals surface area contributed by atoms with Gasteiger partial charge in [-0.15, -0.1) is 0 Å². The van der Waals surface area contributed by atoms with E-state index in [1.165, 1.54) is 23.8 Å². The highest BCUT2D eigenvalue weighted by molar-refractivity contribution is 8.26. The number of hydrogen-bond donors (Lipinski definition) is 2. The van der Waals surface area contributed by atoms with E-state index in [1.54, 1.807) is 42.5 Å². The molecule has 176 valence electrons. The van der Waals surface area contributed by atoms with Gasteiger partial charge in [0.2, 0.25) is 5.91 Å². The number of amides is 3. The summed E-state index contributed by atoms with van der Waals surface area (Å²) in [6.45, 7) is 2.20. The molecule has 1 heterocycles. The number of hydrogen-bond acceptors (Lipinski definition) is 7. The number of nitrogens with one attached hydrogen (secondary N) is 2. The molecule has 0 unspecified atom stereocenters. The monoisotopic (exact) mass is 497 g/mol. The molecule has 0 aliphatic carbocycles. The van der Waals surface area contributed by atoms with Gasteiger partial charge in [0.05, 0.1) is 17.6 Å². The van der Waals surface area contributed by atoms with Gasteiger partial charge in [-0.2, -0.15) is 0 Å². The summed E-state index contributed by atoms with van der Waals surface area (Å²) in [5.74, 6) is -1.45. The van der Waals surface area contributed by atoms with Crippen LogP contribution in [0.25, 0.3) is 6.08 Å². The third-order valence-electron chi connectivity index (χ3n) is 4.92. The minimum Gasteiger partial charge on any atom is -0.465 e. The highest BCUT2D eigenvalue weighted by atomic mass is 32.2. The maximum Gasteiger partial charge on any atom is 0.337 e. The zero-order valence-corrected chi connectivity index (χ0v) is 20.3. The number of aryl methyl sites for hydroxylation is 1. The van der Waals surface area contributed by atoms with Gasteiger partial charge in [0, 0.05) is 18.5 Å². The number of nitrogens with zero attached hydrogens (tertiary/aromatic N) is 1.